The molecule has 8 heteroatoms. The number of thiazole rings is 1. The van der Waals surface area contributed by atoms with Gasteiger partial charge in [-0.05, 0) is 38.8 Å². The first kappa shape index (κ1) is 21.9. The zero-order valence-corrected chi connectivity index (χ0v) is 16.7. The monoisotopic (exact) mass is 410 g/mol. The van der Waals surface area contributed by atoms with Crippen molar-refractivity contribution in [3.05, 3.63) is 47.4 Å². The van der Waals surface area contributed by atoms with Crippen LogP contribution in [0.5, 0.6) is 0 Å². The maximum Gasteiger partial charge on any atom is 0.428 e. The molecule has 0 fully saturated rings. The topological polar surface area (TPSA) is 52.1 Å². The van der Waals surface area contributed by atoms with Crippen molar-refractivity contribution in [2.75, 3.05) is 0 Å². The highest BCUT2D eigenvalue weighted by Crippen LogP contribution is 2.37. The smallest absolute Gasteiger partial charge is 0.428 e. The Bertz CT molecular complexity index is 887. The third-order valence-corrected chi connectivity index (χ3v) is 5.65. The van der Waals surface area contributed by atoms with E-state index in [0.717, 1.165) is 28.1 Å². The fourth-order valence-corrected chi connectivity index (χ4v) is 3.54. The number of halogens is 3. The van der Waals surface area contributed by atoms with Gasteiger partial charge in [-0.1, -0.05) is 13.5 Å². The Morgan fingerprint density at radius 1 is 1.36 bits per heavy atom. The number of carbonyl (C=O) groups excluding carboxylic acids is 1. The Morgan fingerprint density at radius 3 is 2.61 bits per heavy atom. The number of allylic oxidation sites excluding steroid dienone is 1. The molecule has 0 spiro atoms. The van der Waals surface area contributed by atoms with Gasteiger partial charge in [0, 0.05) is 23.5 Å². The number of ether oxygens (including phenoxy) is 1. The summed E-state index contributed by atoms with van der Waals surface area (Å²) in [7, 11) is 0. The van der Waals surface area contributed by atoms with Gasteiger partial charge in [0.25, 0.3) is 0 Å². The average Bonchev–Trinajstić information content (AvgIpc) is 3.03. The summed E-state index contributed by atoms with van der Waals surface area (Å²) >= 11 is 1.40. The van der Waals surface area contributed by atoms with Gasteiger partial charge in [0.15, 0.2) is 0 Å². The van der Waals surface area contributed by atoms with Crippen LogP contribution < -0.4 is 0 Å². The number of carbonyl (C=O) groups is 1. The second-order valence-electron chi connectivity index (χ2n) is 6.39. The molecule has 28 heavy (non-hydrogen) atoms. The molecule has 0 aromatic carbocycles. The number of rotatable bonds is 7. The van der Waals surface area contributed by atoms with Crippen LogP contribution in [0.4, 0.5) is 13.2 Å². The molecule has 1 unspecified atom stereocenters. The summed E-state index contributed by atoms with van der Waals surface area (Å²) in [5.41, 5.74) is 2.49. The maximum atomic E-state index is 13.1. The fourth-order valence-electron chi connectivity index (χ4n) is 2.43. The van der Waals surface area contributed by atoms with Gasteiger partial charge in [-0.15, -0.1) is 17.1 Å². The minimum Gasteiger partial charge on any atom is -0.450 e. The first-order valence-corrected chi connectivity index (χ1v) is 9.48. The highest BCUT2D eigenvalue weighted by Gasteiger charge is 2.53. The molecule has 1 atom stereocenters. The second kappa shape index (κ2) is 8.71. The van der Waals surface area contributed by atoms with Crippen LogP contribution in [0, 0.1) is 6.92 Å². The standard InChI is InChI=1S/C20H21F3N2O2S/c1-5-14(9-10-16(26)27-19(4,6-2)20(21,22)23)17-13(3)25-18(28-17)15-8-7-11-24-12-15/h7-8,11-12H,1,6,9-10H2,2-4H3. The highest BCUT2D eigenvalue weighted by atomic mass is 32.1. The number of esters is 1. The molecule has 0 bridgehead atoms. The molecule has 150 valence electrons. The van der Waals surface area contributed by atoms with Crippen molar-refractivity contribution in [3.8, 4) is 10.6 Å². The van der Waals surface area contributed by atoms with E-state index in [1.54, 1.807) is 18.5 Å². The van der Waals surface area contributed by atoms with Crippen molar-refractivity contribution >= 4 is 22.9 Å². The van der Waals surface area contributed by atoms with Gasteiger partial charge >= 0.3 is 12.1 Å². The van der Waals surface area contributed by atoms with Crippen molar-refractivity contribution in [3.63, 3.8) is 0 Å². The summed E-state index contributed by atoms with van der Waals surface area (Å²) in [6, 6.07) is 3.68. The highest BCUT2D eigenvalue weighted by molar-refractivity contribution is 7.16. The van der Waals surface area contributed by atoms with Crippen molar-refractivity contribution in [1.29, 1.82) is 0 Å². The summed E-state index contributed by atoms with van der Waals surface area (Å²) in [5.74, 6) is -0.913. The van der Waals surface area contributed by atoms with Crippen LogP contribution in [-0.2, 0) is 9.53 Å². The van der Waals surface area contributed by atoms with E-state index in [-0.39, 0.29) is 19.3 Å². The van der Waals surface area contributed by atoms with E-state index in [0.29, 0.717) is 5.57 Å². The molecule has 0 saturated heterocycles. The average molecular weight is 410 g/mol. The maximum absolute atomic E-state index is 13.1. The first-order chi connectivity index (χ1) is 13.1. The van der Waals surface area contributed by atoms with Gasteiger partial charge in [0.1, 0.15) is 5.01 Å². The molecular weight excluding hydrogens is 389 g/mol. The number of alkyl halides is 3. The molecule has 0 saturated carbocycles. The molecule has 0 aliphatic rings. The molecule has 2 aromatic rings. The minimum atomic E-state index is -4.62. The largest absolute Gasteiger partial charge is 0.450 e. The molecule has 0 aliphatic carbocycles. The minimum absolute atomic E-state index is 0.162. The number of aromatic nitrogens is 2. The van der Waals surface area contributed by atoms with Crippen molar-refractivity contribution in [1.82, 2.24) is 9.97 Å². The van der Waals surface area contributed by atoms with Gasteiger partial charge < -0.3 is 4.74 Å². The molecule has 0 amide bonds. The summed E-state index contributed by atoms with van der Waals surface area (Å²) < 4.78 is 44.0. The Kier molecular flexibility index (Phi) is 6.80. The van der Waals surface area contributed by atoms with Crippen LogP contribution in [0.2, 0.25) is 0 Å². The Labute approximate surface area is 165 Å². The summed E-state index contributed by atoms with van der Waals surface area (Å²) in [5, 5.41) is 0.756. The van der Waals surface area contributed by atoms with E-state index in [9.17, 15) is 18.0 Å². The third-order valence-electron chi connectivity index (χ3n) is 4.39. The molecule has 0 N–H and O–H groups in total. The Morgan fingerprint density at radius 2 is 2.07 bits per heavy atom. The van der Waals surface area contributed by atoms with Crippen molar-refractivity contribution in [2.24, 2.45) is 0 Å². The van der Waals surface area contributed by atoms with Crippen LogP contribution in [0.3, 0.4) is 0 Å². The number of hydrogen-bond donors (Lipinski definition) is 0. The van der Waals surface area contributed by atoms with Gasteiger partial charge in [-0.3, -0.25) is 9.78 Å². The normalized spacial score (nSPS) is 13.5. The molecule has 0 radical (unpaired) electrons. The number of pyridine rings is 1. The summed E-state index contributed by atoms with van der Waals surface area (Å²) in [6.07, 6.45) is -1.66. The van der Waals surface area contributed by atoms with Crippen LogP contribution in [-0.4, -0.2) is 27.7 Å². The SMILES string of the molecule is C=C=C(CCC(=O)OC(C)(CC)C(F)(F)F)c1sc(-c2cccnc2)nc1C. The van der Waals surface area contributed by atoms with Gasteiger partial charge in [0.2, 0.25) is 5.60 Å². The van der Waals surface area contributed by atoms with Crippen LogP contribution in [0.1, 0.15) is 43.7 Å². The predicted molar refractivity (Wildman–Crippen MR) is 103 cm³/mol. The summed E-state index contributed by atoms with van der Waals surface area (Å²) in [6.45, 7) is 7.67. The zero-order valence-electron chi connectivity index (χ0n) is 15.9. The first-order valence-electron chi connectivity index (χ1n) is 8.67. The second-order valence-corrected chi connectivity index (χ2v) is 7.39. The quantitative estimate of drug-likeness (QED) is 0.432. The van der Waals surface area contributed by atoms with E-state index in [1.165, 1.54) is 18.3 Å². The number of aryl methyl sites for hydroxylation is 1. The van der Waals surface area contributed by atoms with E-state index < -0.39 is 17.7 Å². The van der Waals surface area contributed by atoms with Gasteiger partial charge in [-0.25, -0.2) is 4.98 Å². The molecule has 2 aromatic heterocycles. The van der Waals surface area contributed by atoms with Crippen molar-refractivity contribution in [2.45, 2.75) is 51.8 Å². The van der Waals surface area contributed by atoms with Gasteiger partial charge in [0.05, 0.1) is 17.0 Å². The number of nitrogens with zero attached hydrogens (tertiary/aromatic N) is 2. The van der Waals surface area contributed by atoms with Crippen LogP contribution >= 0.6 is 11.3 Å². The third kappa shape index (κ3) is 4.88. The molecule has 2 heterocycles. The van der Waals surface area contributed by atoms with Crippen LogP contribution in [0.15, 0.2) is 36.8 Å². The molecule has 4 nitrogen and oxygen atoms in total. The summed E-state index contributed by atoms with van der Waals surface area (Å²) in [4.78, 5) is 21.4. The zero-order chi connectivity index (χ0) is 20.9. The lowest BCUT2D eigenvalue weighted by atomic mass is 10.0. The lowest BCUT2D eigenvalue weighted by Gasteiger charge is -2.30. The van der Waals surface area contributed by atoms with E-state index in [2.05, 4.69) is 22.3 Å². The lowest BCUT2D eigenvalue weighted by molar-refractivity contribution is -0.264. The van der Waals surface area contributed by atoms with E-state index in [1.807, 2.05) is 13.0 Å². The predicted octanol–water partition coefficient (Wildman–Crippen LogP) is 5.74. The van der Waals surface area contributed by atoms with E-state index >= 15 is 0 Å². The van der Waals surface area contributed by atoms with Crippen LogP contribution in [0.25, 0.3) is 16.1 Å². The molecule has 0 aliphatic heterocycles. The van der Waals surface area contributed by atoms with Crippen molar-refractivity contribution < 1.29 is 22.7 Å². The Hall–Kier alpha value is -2.44. The molecule has 2 rings (SSSR count). The van der Waals surface area contributed by atoms with E-state index in [4.69, 9.17) is 4.74 Å². The number of hydrogen-bond acceptors (Lipinski definition) is 5. The Balaban J connectivity index is 2.11. The fraction of sp³-hybridized carbons (Fsp3) is 0.400. The lowest BCUT2D eigenvalue weighted by Crippen LogP contribution is -2.45. The molecular formula is C20H21F3N2O2S. The van der Waals surface area contributed by atoms with Gasteiger partial charge in [-0.2, -0.15) is 13.2 Å².